The van der Waals surface area contributed by atoms with Crippen LogP contribution < -0.4 is 5.32 Å². The van der Waals surface area contributed by atoms with Crippen LogP contribution in [-0.4, -0.2) is 36.0 Å². The Morgan fingerprint density at radius 1 is 1.65 bits per heavy atom. The van der Waals surface area contributed by atoms with E-state index in [9.17, 15) is 0 Å². The van der Waals surface area contributed by atoms with Crippen LogP contribution in [-0.2, 0) is 0 Å². The minimum atomic E-state index is 0.683. The molecule has 92 valence electrons. The Morgan fingerprint density at radius 3 is 3.18 bits per heavy atom. The van der Waals surface area contributed by atoms with Gasteiger partial charge in [-0.15, -0.1) is 0 Å². The first kappa shape index (κ1) is 12.3. The molecule has 0 bridgehead atoms. The average molecular weight is 250 g/mol. The van der Waals surface area contributed by atoms with Gasteiger partial charge in [-0.25, -0.2) is 0 Å². The summed E-state index contributed by atoms with van der Waals surface area (Å²) < 4.78 is 4.21. The maximum Gasteiger partial charge on any atom is 0.127 e. The zero-order valence-corrected chi connectivity index (χ0v) is 11.2. The van der Waals surface area contributed by atoms with E-state index < -0.39 is 0 Å². The van der Waals surface area contributed by atoms with E-state index in [1.165, 1.54) is 30.9 Å². The summed E-state index contributed by atoms with van der Waals surface area (Å²) in [6.07, 6.45) is 2.55. The summed E-state index contributed by atoms with van der Waals surface area (Å²) in [5.41, 5.74) is 1.54. The van der Waals surface area contributed by atoms with Crippen LogP contribution in [0.15, 0.2) is 0 Å². The number of likely N-dealkylation sites (tertiary alicyclic amines) is 1. The fourth-order valence-electron chi connectivity index (χ4n) is 2.30. The highest BCUT2D eigenvalue weighted by Crippen LogP contribution is 2.24. The third-order valence-electron chi connectivity index (χ3n) is 3.25. The third kappa shape index (κ3) is 2.96. The summed E-state index contributed by atoms with van der Waals surface area (Å²) >= 11 is 1.39. The van der Waals surface area contributed by atoms with Gasteiger partial charge in [-0.05, 0) is 50.8 Å². The number of hydrogen-bond donors (Lipinski definition) is 1. The summed E-state index contributed by atoms with van der Waals surface area (Å²) in [6.45, 7) is 5.18. The van der Waals surface area contributed by atoms with E-state index in [1.54, 1.807) is 0 Å². The fourth-order valence-corrected chi connectivity index (χ4v) is 3.05. The number of nitriles is 1. The number of nitrogens with zero attached hydrogens (tertiary/aromatic N) is 3. The number of hydrogen-bond acceptors (Lipinski definition) is 5. The van der Waals surface area contributed by atoms with Gasteiger partial charge >= 0.3 is 0 Å². The number of piperidine rings is 1. The molecule has 1 aromatic heterocycles. The van der Waals surface area contributed by atoms with Gasteiger partial charge in [0.1, 0.15) is 16.6 Å². The molecule has 0 radical (unpaired) electrons. The first-order valence-electron chi connectivity index (χ1n) is 5.99. The van der Waals surface area contributed by atoms with Crippen molar-refractivity contribution in [2.24, 2.45) is 5.92 Å². The van der Waals surface area contributed by atoms with E-state index in [0.717, 1.165) is 23.8 Å². The summed E-state index contributed by atoms with van der Waals surface area (Å²) in [7, 11) is 2.17. The quantitative estimate of drug-likeness (QED) is 0.892. The summed E-state index contributed by atoms with van der Waals surface area (Å²) in [5.74, 6) is 0.683. The number of anilines is 1. The molecule has 1 aliphatic heterocycles. The van der Waals surface area contributed by atoms with E-state index in [0.29, 0.717) is 11.5 Å². The molecule has 0 spiro atoms. The topological polar surface area (TPSA) is 52.0 Å². The van der Waals surface area contributed by atoms with E-state index in [1.807, 2.05) is 6.92 Å². The van der Waals surface area contributed by atoms with Gasteiger partial charge in [-0.3, -0.25) is 0 Å². The molecule has 1 N–H and O–H groups in total. The maximum atomic E-state index is 9.04. The van der Waals surface area contributed by atoms with E-state index in [4.69, 9.17) is 5.26 Å². The predicted octanol–water partition coefficient (Wildman–Crippen LogP) is 2.08. The second-order valence-electron chi connectivity index (χ2n) is 4.74. The highest BCUT2D eigenvalue weighted by Gasteiger charge is 2.18. The largest absolute Gasteiger partial charge is 0.374 e. The van der Waals surface area contributed by atoms with Gasteiger partial charge in [0.25, 0.3) is 0 Å². The Kier molecular flexibility index (Phi) is 3.97. The van der Waals surface area contributed by atoms with E-state index >= 15 is 0 Å². The van der Waals surface area contributed by atoms with Crippen LogP contribution >= 0.6 is 11.5 Å². The van der Waals surface area contributed by atoms with Crippen LogP contribution in [0.5, 0.6) is 0 Å². The van der Waals surface area contributed by atoms with Crippen molar-refractivity contribution in [2.45, 2.75) is 19.8 Å². The van der Waals surface area contributed by atoms with Crippen molar-refractivity contribution in [2.75, 3.05) is 32.0 Å². The average Bonchev–Trinajstić information content (AvgIpc) is 2.67. The lowest BCUT2D eigenvalue weighted by molar-refractivity contribution is 0.217. The van der Waals surface area contributed by atoms with E-state index in [2.05, 4.69) is 27.7 Å². The first-order chi connectivity index (χ1) is 8.20. The molecule has 0 aliphatic carbocycles. The van der Waals surface area contributed by atoms with Crippen molar-refractivity contribution < 1.29 is 0 Å². The van der Waals surface area contributed by atoms with Crippen molar-refractivity contribution >= 4 is 16.5 Å². The number of nitrogens with one attached hydrogen (secondary N) is 1. The zero-order chi connectivity index (χ0) is 12.3. The van der Waals surface area contributed by atoms with Crippen LogP contribution in [0.2, 0.25) is 0 Å². The molecule has 1 saturated heterocycles. The summed E-state index contributed by atoms with van der Waals surface area (Å²) in [4.78, 5) is 2.37. The second kappa shape index (κ2) is 5.48. The van der Waals surface area contributed by atoms with Crippen LogP contribution in [0.1, 0.15) is 24.1 Å². The van der Waals surface area contributed by atoms with E-state index in [-0.39, 0.29) is 0 Å². The predicted molar refractivity (Wildman–Crippen MR) is 70.3 cm³/mol. The SMILES string of the molecule is Cc1nsc(NCC2CCCN(C)C2)c1C#N. The molecule has 2 heterocycles. The smallest absolute Gasteiger partial charge is 0.127 e. The van der Waals surface area contributed by atoms with Gasteiger partial charge in [0.2, 0.25) is 0 Å². The molecule has 1 aliphatic rings. The van der Waals surface area contributed by atoms with Crippen molar-refractivity contribution in [3.05, 3.63) is 11.3 Å². The second-order valence-corrected chi connectivity index (χ2v) is 5.51. The Morgan fingerprint density at radius 2 is 2.47 bits per heavy atom. The lowest BCUT2D eigenvalue weighted by Crippen LogP contribution is -2.35. The van der Waals surface area contributed by atoms with Gasteiger partial charge in [-0.2, -0.15) is 9.64 Å². The minimum Gasteiger partial charge on any atom is -0.374 e. The third-order valence-corrected chi connectivity index (χ3v) is 4.14. The van der Waals surface area contributed by atoms with Gasteiger partial charge < -0.3 is 10.2 Å². The molecule has 0 saturated carbocycles. The summed E-state index contributed by atoms with van der Waals surface area (Å²) in [5, 5.41) is 13.3. The highest BCUT2D eigenvalue weighted by molar-refractivity contribution is 7.10. The standard InChI is InChI=1S/C12H18N4S/c1-9-11(6-13)12(17-15-9)14-7-10-4-3-5-16(2)8-10/h10,14H,3-5,7-8H2,1-2H3. The Labute approximate surface area is 106 Å². The molecule has 4 nitrogen and oxygen atoms in total. The highest BCUT2D eigenvalue weighted by atomic mass is 32.1. The zero-order valence-electron chi connectivity index (χ0n) is 10.4. The molecular weight excluding hydrogens is 232 g/mol. The monoisotopic (exact) mass is 250 g/mol. The maximum absolute atomic E-state index is 9.04. The van der Waals surface area contributed by atoms with Crippen LogP contribution in [0.25, 0.3) is 0 Å². The molecule has 17 heavy (non-hydrogen) atoms. The normalized spacial score (nSPS) is 21.1. The van der Waals surface area contributed by atoms with Crippen LogP contribution in [0.3, 0.4) is 0 Å². The Hall–Kier alpha value is -1.12. The molecule has 0 aromatic carbocycles. The van der Waals surface area contributed by atoms with Crippen LogP contribution in [0.4, 0.5) is 5.00 Å². The summed E-state index contributed by atoms with van der Waals surface area (Å²) in [6, 6.07) is 2.22. The first-order valence-corrected chi connectivity index (χ1v) is 6.77. The van der Waals surface area contributed by atoms with Gasteiger partial charge in [-0.1, -0.05) is 0 Å². The molecular formula is C12H18N4S. The number of rotatable bonds is 3. The van der Waals surface area contributed by atoms with Crippen molar-refractivity contribution in [3.8, 4) is 6.07 Å². The van der Waals surface area contributed by atoms with Crippen molar-refractivity contribution in [3.63, 3.8) is 0 Å². The van der Waals surface area contributed by atoms with Gasteiger partial charge in [0.15, 0.2) is 0 Å². The molecule has 2 rings (SSSR count). The Bertz CT molecular complexity index is 421. The Balaban J connectivity index is 1.91. The molecule has 1 fully saturated rings. The molecule has 0 amide bonds. The number of aromatic nitrogens is 1. The molecule has 1 unspecified atom stereocenters. The van der Waals surface area contributed by atoms with Gasteiger partial charge in [0, 0.05) is 13.1 Å². The fraction of sp³-hybridized carbons (Fsp3) is 0.667. The molecule has 5 heteroatoms. The molecule has 1 atom stereocenters. The van der Waals surface area contributed by atoms with Gasteiger partial charge in [0.05, 0.1) is 5.69 Å². The lowest BCUT2D eigenvalue weighted by Gasteiger charge is -2.29. The lowest BCUT2D eigenvalue weighted by atomic mass is 9.98. The van der Waals surface area contributed by atoms with Crippen molar-refractivity contribution in [1.29, 1.82) is 5.26 Å². The van der Waals surface area contributed by atoms with Crippen molar-refractivity contribution in [1.82, 2.24) is 9.27 Å². The van der Waals surface area contributed by atoms with Crippen LogP contribution in [0, 0.1) is 24.2 Å². The molecule has 1 aromatic rings. The minimum absolute atomic E-state index is 0.683. The number of aryl methyl sites for hydroxylation is 1.